The molecule has 0 saturated heterocycles. The highest BCUT2D eigenvalue weighted by molar-refractivity contribution is 5.73. The van der Waals surface area contributed by atoms with Crippen LogP contribution in [0.25, 0.3) is 0 Å². The van der Waals surface area contributed by atoms with E-state index in [4.69, 9.17) is 4.74 Å². The molecule has 0 aliphatic rings. The van der Waals surface area contributed by atoms with Gasteiger partial charge in [0.1, 0.15) is 18.2 Å². The molecule has 2 rings (SSSR count). The van der Waals surface area contributed by atoms with Crippen molar-refractivity contribution < 1.29 is 13.9 Å². The number of benzene rings is 2. The van der Waals surface area contributed by atoms with Gasteiger partial charge in [0.15, 0.2) is 0 Å². The number of nitrogens with one attached hydrogen (secondary N) is 2. The molecule has 0 aliphatic carbocycles. The molecule has 4 nitrogen and oxygen atoms in total. The van der Waals surface area contributed by atoms with E-state index in [1.807, 2.05) is 26.0 Å². The van der Waals surface area contributed by atoms with E-state index in [0.29, 0.717) is 18.7 Å². The molecular weight excluding hydrogens is 295 g/mol. The van der Waals surface area contributed by atoms with Crippen molar-refractivity contribution in [2.24, 2.45) is 0 Å². The zero-order chi connectivity index (χ0) is 16.7. The lowest BCUT2D eigenvalue weighted by molar-refractivity contribution is 0.236. The van der Waals surface area contributed by atoms with Crippen molar-refractivity contribution in [2.45, 2.75) is 20.4 Å². The fourth-order valence-corrected chi connectivity index (χ4v) is 2.23. The van der Waals surface area contributed by atoms with E-state index in [0.717, 1.165) is 16.9 Å². The number of halogens is 1. The number of rotatable bonds is 6. The van der Waals surface area contributed by atoms with Crippen LogP contribution in [0.4, 0.5) is 9.18 Å². The van der Waals surface area contributed by atoms with E-state index >= 15 is 0 Å². The average molecular weight is 316 g/mol. The number of amides is 2. The number of carbonyl (C=O) groups excluding carboxylic acids is 1. The molecule has 0 bridgehead atoms. The summed E-state index contributed by atoms with van der Waals surface area (Å²) in [6.07, 6.45) is 0. The number of ether oxygens (including phenoxy) is 1. The highest BCUT2D eigenvalue weighted by Gasteiger charge is 2.04. The minimum absolute atomic E-state index is 0.149. The third kappa shape index (κ3) is 5.62. The Morgan fingerprint density at radius 3 is 2.48 bits per heavy atom. The molecule has 0 heterocycles. The molecule has 0 fully saturated rings. The molecule has 0 unspecified atom stereocenters. The molecule has 2 aromatic rings. The van der Waals surface area contributed by atoms with Gasteiger partial charge in [-0.15, -0.1) is 0 Å². The summed E-state index contributed by atoms with van der Waals surface area (Å²) in [6, 6.07) is 12.0. The van der Waals surface area contributed by atoms with Crippen LogP contribution in [0.15, 0.2) is 42.5 Å². The Kier molecular flexibility index (Phi) is 5.97. The van der Waals surface area contributed by atoms with Gasteiger partial charge >= 0.3 is 6.03 Å². The molecule has 2 aromatic carbocycles. The van der Waals surface area contributed by atoms with Gasteiger partial charge in [-0.3, -0.25) is 0 Å². The molecular formula is C18H21FN2O2. The number of carbonyl (C=O) groups is 1. The second-order valence-corrected chi connectivity index (χ2v) is 5.37. The van der Waals surface area contributed by atoms with Gasteiger partial charge in [0.05, 0.1) is 6.54 Å². The van der Waals surface area contributed by atoms with Gasteiger partial charge in [-0.2, -0.15) is 0 Å². The number of aryl methyl sites for hydroxylation is 2. The van der Waals surface area contributed by atoms with E-state index in [1.54, 1.807) is 18.2 Å². The van der Waals surface area contributed by atoms with E-state index in [1.165, 1.54) is 6.07 Å². The van der Waals surface area contributed by atoms with Crippen LogP contribution in [0.3, 0.4) is 0 Å². The first kappa shape index (κ1) is 16.8. The van der Waals surface area contributed by atoms with Crippen LogP contribution in [0.5, 0.6) is 5.75 Å². The molecule has 0 atom stereocenters. The maximum atomic E-state index is 13.4. The highest BCUT2D eigenvalue weighted by atomic mass is 19.1. The molecule has 5 heteroatoms. The maximum absolute atomic E-state index is 13.4. The van der Waals surface area contributed by atoms with Crippen LogP contribution in [0.2, 0.25) is 0 Å². The number of hydrogen-bond donors (Lipinski definition) is 2. The van der Waals surface area contributed by atoms with E-state index < -0.39 is 0 Å². The zero-order valence-corrected chi connectivity index (χ0v) is 13.4. The summed E-state index contributed by atoms with van der Waals surface area (Å²) in [5.74, 6) is 0.460. The van der Waals surface area contributed by atoms with Crippen molar-refractivity contribution in [3.8, 4) is 5.75 Å². The molecule has 0 aliphatic heterocycles. The third-order valence-electron chi connectivity index (χ3n) is 3.25. The van der Waals surface area contributed by atoms with Gasteiger partial charge < -0.3 is 15.4 Å². The molecule has 0 radical (unpaired) electrons. The normalized spacial score (nSPS) is 10.2. The molecule has 122 valence electrons. The van der Waals surface area contributed by atoms with Crippen molar-refractivity contribution in [3.05, 3.63) is 65.0 Å². The lowest BCUT2D eigenvalue weighted by atomic mass is 10.1. The van der Waals surface area contributed by atoms with Crippen molar-refractivity contribution in [3.63, 3.8) is 0 Å². The summed E-state index contributed by atoms with van der Waals surface area (Å²) in [5, 5.41) is 5.29. The average Bonchev–Trinajstić information content (AvgIpc) is 2.50. The van der Waals surface area contributed by atoms with Crippen molar-refractivity contribution >= 4 is 6.03 Å². The second kappa shape index (κ2) is 8.17. The molecule has 23 heavy (non-hydrogen) atoms. The predicted octanol–water partition coefficient (Wildman–Crippen LogP) is 3.32. The molecule has 0 saturated carbocycles. The number of hydrogen-bond acceptors (Lipinski definition) is 2. The standard InChI is InChI=1S/C18H21FN2O2/c1-13-9-14(2)11-16(10-13)23-8-7-20-18(22)21-12-15-5-3-4-6-17(15)19/h3-6,9-11H,7-8,12H2,1-2H3,(H2,20,21,22). The topological polar surface area (TPSA) is 50.4 Å². The van der Waals surface area contributed by atoms with Gasteiger partial charge in [-0.05, 0) is 43.2 Å². The summed E-state index contributed by atoms with van der Waals surface area (Å²) in [7, 11) is 0. The summed E-state index contributed by atoms with van der Waals surface area (Å²) in [5.41, 5.74) is 2.72. The van der Waals surface area contributed by atoms with Gasteiger partial charge in [0, 0.05) is 12.1 Å². The largest absolute Gasteiger partial charge is 0.492 e. The summed E-state index contributed by atoms with van der Waals surface area (Å²) in [4.78, 5) is 11.6. The fraction of sp³-hybridized carbons (Fsp3) is 0.278. The highest BCUT2D eigenvalue weighted by Crippen LogP contribution is 2.15. The Balaban J connectivity index is 1.68. The smallest absolute Gasteiger partial charge is 0.315 e. The SMILES string of the molecule is Cc1cc(C)cc(OCCNC(=O)NCc2ccccc2F)c1. The van der Waals surface area contributed by atoms with Gasteiger partial charge in [-0.25, -0.2) is 9.18 Å². The first-order valence-corrected chi connectivity index (χ1v) is 7.51. The van der Waals surface area contributed by atoms with Crippen molar-refractivity contribution in [1.29, 1.82) is 0 Å². The van der Waals surface area contributed by atoms with E-state index in [-0.39, 0.29) is 18.4 Å². The monoisotopic (exact) mass is 316 g/mol. The Labute approximate surface area is 135 Å². The minimum atomic E-state index is -0.350. The summed E-state index contributed by atoms with van der Waals surface area (Å²) >= 11 is 0. The Morgan fingerprint density at radius 1 is 1.09 bits per heavy atom. The first-order valence-electron chi connectivity index (χ1n) is 7.51. The van der Waals surface area contributed by atoms with E-state index in [9.17, 15) is 9.18 Å². The Hall–Kier alpha value is -2.56. The zero-order valence-electron chi connectivity index (χ0n) is 13.4. The van der Waals surface area contributed by atoms with Crippen LogP contribution in [-0.4, -0.2) is 19.2 Å². The van der Waals surface area contributed by atoms with Crippen LogP contribution in [0, 0.1) is 19.7 Å². The van der Waals surface area contributed by atoms with Crippen LogP contribution >= 0.6 is 0 Å². The lowest BCUT2D eigenvalue weighted by Crippen LogP contribution is -2.37. The molecule has 2 amide bonds. The van der Waals surface area contributed by atoms with Crippen LogP contribution in [0.1, 0.15) is 16.7 Å². The van der Waals surface area contributed by atoms with Crippen LogP contribution < -0.4 is 15.4 Å². The van der Waals surface area contributed by atoms with Gasteiger partial charge in [0.25, 0.3) is 0 Å². The molecule has 0 aromatic heterocycles. The Morgan fingerprint density at radius 2 is 1.78 bits per heavy atom. The predicted molar refractivity (Wildman–Crippen MR) is 88.0 cm³/mol. The van der Waals surface area contributed by atoms with E-state index in [2.05, 4.69) is 16.7 Å². The maximum Gasteiger partial charge on any atom is 0.315 e. The third-order valence-corrected chi connectivity index (χ3v) is 3.25. The van der Waals surface area contributed by atoms with Gasteiger partial charge in [-0.1, -0.05) is 24.3 Å². The first-order chi connectivity index (χ1) is 11.0. The molecule has 0 spiro atoms. The quantitative estimate of drug-likeness (QED) is 0.803. The fourth-order valence-electron chi connectivity index (χ4n) is 2.23. The second-order valence-electron chi connectivity index (χ2n) is 5.37. The van der Waals surface area contributed by atoms with Crippen molar-refractivity contribution in [1.82, 2.24) is 10.6 Å². The van der Waals surface area contributed by atoms with Gasteiger partial charge in [0.2, 0.25) is 0 Å². The lowest BCUT2D eigenvalue weighted by Gasteiger charge is -2.10. The van der Waals surface area contributed by atoms with Crippen LogP contribution in [-0.2, 0) is 6.54 Å². The molecule has 2 N–H and O–H groups in total. The number of urea groups is 1. The van der Waals surface area contributed by atoms with Crippen molar-refractivity contribution in [2.75, 3.05) is 13.2 Å². The minimum Gasteiger partial charge on any atom is -0.492 e. The summed E-state index contributed by atoms with van der Waals surface area (Å²) in [6.45, 7) is 4.91. The summed E-state index contributed by atoms with van der Waals surface area (Å²) < 4.78 is 19.0. The Bertz CT molecular complexity index is 654.